The van der Waals surface area contributed by atoms with Gasteiger partial charge in [-0.2, -0.15) is 8.78 Å². The number of carbonyl (C=O) groups excluding carboxylic acids is 2. The molecular weight excluding hydrogens is 336 g/mol. The van der Waals surface area contributed by atoms with E-state index in [9.17, 15) is 18.4 Å². The van der Waals surface area contributed by atoms with Gasteiger partial charge in [0, 0.05) is 17.0 Å². The molecule has 3 amide bonds. The van der Waals surface area contributed by atoms with Crippen molar-refractivity contribution in [3.63, 3.8) is 0 Å². The summed E-state index contributed by atoms with van der Waals surface area (Å²) in [5, 5.41) is 5.06. The number of thioether (sulfide) groups is 1. The van der Waals surface area contributed by atoms with Gasteiger partial charge in [-0.05, 0) is 29.8 Å². The van der Waals surface area contributed by atoms with Gasteiger partial charge in [-0.25, -0.2) is 4.79 Å². The van der Waals surface area contributed by atoms with Gasteiger partial charge >= 0.3 is 6.03 Å². The van der Waals surface area contributed by atoms with Crippen LogP contribution in [-0.4, -0.2) is 17.7 Å². The molecule has 0 aromatic heterocycles. The molecule has 0 aliphatic carbocycles. The van der Waals surface area contributed by atoms with Crippen LogP contribution in [0.3, 0.4) is 0 Å². The molecule has 0 spiro atoms. The maximum atomic E-state index is 12.5. The zero-order valence-corrected chi connectivity index (χ0v) is 13.3. The fraction of sp³-hybridized carbons (Fsp3) is 0.125. The van der Waals surface area contributed by atoms with Gasteiger partial charge in [0.15, 0.2) is 0 Å². The first-order valence-corrected chi connectivity index (χ1v) is 7.81. The van der Waals surface area contributed by atoms with Crippen LogP contribution in [0, 0.1) is 0 Å². The second-order valence-corrected chi connectivity index (χ2v) is 5.78. The first-order chi connectivity index (χ1) is 11.5. The zero-order valence-electron chi connectivity index (χ0n) is 12.5. The minimum absolute atomic E-state index is 0.255. The Bertz CT molecular complexity index is 724. The molecule has 4 N–H and O–H groups in total. The number of primary amides is 1. The number of urea groups is 1. The van der Waals surface area contributed by atoms with Crippen molar-refractivity contribution in [3.8, 4) is 0 Å². The largest absolute Gasteiger partial charge is 0.352 e. The summed E-state index contributed by atoms with van der Waals surface area (Å²) in [4.78, 5) is 23.2. The lowest BCUT2D eigenvalue weighted by Crippen LogP contribution is -2.28. The molecule has 0 aliphatic rings. The number of hydrogen-bond donors (Lipinski definition) is 3. The molecule has 0 heterocycles. The summed E-state index contributed by atoms with van der Waals surface area (Å²) >= 11 is 0.374. The molecule has 8 heteroatoms. The van der Waals surface area contributed by atoms with Crippen molar-refractivity contribution in [2.75, 3.05) is 5.32 Å². The van der Waals surface area contributed by atoms with Crippen LogP contribution in [0.2, 0.25) is 0 Å². The summed E-state index contributed by atoms with van der Waals surface area (Å²) < 4.78 is 25.1. The van der Waals surface area contributed by atoms with E-state index in [2.05, 4.69) is 10.6 Å². The van der Waals surface area contributed by atoms with E-state index in [1.165, 1.54) is 6.07 Å². The van der Waals surface area contributed by atoms with Gasteiger partial charge in [0.05, 0.1) is 5.69 Å². The molecule has 24 heavy (non-hydrogen) atoms. The number of carbonyl (C=O) groups is 2. The number of alkyl halides is 2. The lowest BCUT2D eigenvalue weighted by Gasteiger charge is -2.10. The molecule has 2 aromatic rings. The molecule has 126 valence electrons. The van der Waals surface area contributed by atoms with Gasteiger partial charge in [-0.15, -0.1) is 0 Å². The Kier molecular flexibility index (Phi) is 6.14. The average Bonchev–Trinajstić information content (AvgIpc) is 2.54. The average molecular weight is 351 g/mol. The molecule has 0 saturated carbocycles. The standard InChI is InChI=1S/C16H15F2N3O2S/c17-15(18)24-13-4-2-1-3-12(13)21-14(22)11-7-5-10(6-8-11)9-20-16(19)23/h1-8,15H,9H2,(H,21,22)(H3,19,20,23). The number of nitrogens with two attached hydrogens (primary N) is 1. The van der Waals surface area contributed by atoms with Crippen molar-refractivity contribution in [1.82, 2.24) is 5.32 Å². The molecule has 2 aromatic carbocycles. The fourth-order valence-electron chi connectivity index (χ4n) is 1.93. The van der Waals surface area contributed by atoms with Crippen LogP contribution in [-0.2, 0) is 6.54 Å². The molecule has 0 saturated heterocycles. The normalized spacial score (nSPS) is 10.5. The molecule has 2 rings (SSSR count). The lowest BCUT2D eigenvalue weighted by atomic mass is 10.1. The van der Waals surface area contributed by atoms with E-state index < -0.39 is 17.7 Å². The Balaban J connectivity index is 2.06. The van der Waals surface area contributed by atoms with Crippen molar-refractivity contribution < 1.29 is 18.4 Å². The number of benzene rings is 2. The van der Waals surface area contributed by atoms with Gasteiger partial charge in [0.2, 0.25) is 0 Å². The van der Waals surface area contributed by atoms with Crippen LogP contribution < -0.4 is 16.4 Å². The highest BCUT2D eigenvalue weighted by Gasteiger charge is 2.12. The van der Waals surface area contributed by atoms with Crippen molar-refractivity contribution >= 4 is 29.4 Å². The van der Waals surface area contributed by atoms with E-state index in [-0.39, 0.29) is 6.54 Å². The van der Waals surface area contributed by atoms with Gasteiger partial charge in [0.1, 0.15) is 0 Å². The summed E-state index contributed by atoms with van der Waals surface area (Å²) in [6.45, 7) is 0.255. The Morgan fingerprint density at radius 1 is 1.08 bits per heavy atom. The van der Waals surface area contributed by atoms with E-state index in [1.807, 2.05) is 0 Å². The Morgan fingerprint density at radius 2 is 1.75 bits per heavy atom. The number of hydrogen-bond acceptors (Lipinski definition) is 3. The van der Waals surface area contributed by atoms with Crippen LogP contribution in [0.5, 0.6) is 0 Å². The van der Waals surface area contributed by atoms with E-state index in [0.29, 0.717) is 27.9 Å². The topological polar surface area (TPSA) is 84.2 Å². The number of nitrogens with one attached hydrogen (secondary N) is 2. The SMILES string of the molecule is NC(=O)NCc1ccc(C(=O)Nc2ccccc2SC(F)F)cc1. The predicted octanol–water partition coefficient (Wildman–Crippen LogP) is 3.42. The Hall–Kier alpha value is -2.61. The van der Waals surface area contributed by atoms with Gasteiger partial charge in [-0.1, -0.05) is 36.0 Å². The van der Waals surface area contributed by atoms with Crippen LogP contribution in [0.15, 0.2) is 53.4 Å². The zero-order chi connectivity index (χ0) is 17.5. The minimum Gasteiger partial charge on any atom is -0.352 e. The number of amides is 3. The maximum absolute atomic E-state index is 12.5. The first kappa shape index (κ1) is 17.7. The van der Waals surface area contributed by atoms with Gasteiger partial charge < -0.3 is 16.4 Å². The van der Waals surface area contributed by atoms with Crippen molar-refractivity contribution in [3.05, 3.63) is 59.7 Å². The van der Waals surface area contributed by atoms with Crippen molar-refractivity contribution in [1.29, 1.82) is 0 Å². The van der Waals surface area contributed by atoms with E-state index >= 15 is 0 Å². The summed E-state index contributed by atoms with van der Waals surface area (Å²) in [5.41, 5.74) is 6.46. The Morgan fingerprint density at radius 3 is 2.38 bits per heavy atom. The third-order valence-corrected chi connectivity index (χ3v) is 3.82. The molecule has 0 aliphatic heterocycles. The summed E-state index contributed by atoms with van der Waals surface area (Å²) in [6, 6.07) is 12.2. The van der Waals surface area contributed by atoms with Crippen LogP contribution in [0.4, 0.5) is 19.3 Å². The molecule has 0 radical (unpaired) electrons. The monoisotopic (exact) mass is 351 g/mol. The number of anilines is 1. The molecule has 0 unspecified atom stereocenters. The molecule has 5 nitrogen and oxygen atoms in total. The van der Waals surface area contributed by atoms with Crippen molar-refractivity contribution in [2.45, 2.75) is 17.2 Å². The van der Waals surface area contributed by atoms with Crippen molar-refractivity contribution in [2.24, 2.45) is 5.73 Å². The maximum Gasteiger partial charge on any atom is 0.312 e. The third-order valence-electron chi connectivity index (χ3n) is 3.03. The smallest absolute Gasteiger partial charge is 0.312 e. The predicted molar refractivity (Wildman–Crippen MR) is 89.1 cm³/mol. The van der Waals surface area contributed by atoms with Crippen LogP contribution in [0.25, 0.3) is 0 Å². The highest BCUT2D eigenvalue weighted by Crippen LogP contribution is 2.31. The molecule has 0 atom stereocenters. The number of rotatable bonds is 6. The highest BCUT2D eigenvalue weighted by molar-refractivity contribution is 7.99. The molecule has 0 bridgehead atoms. The number of halogens is 2. The Labute approximate surface area is 141 Å². The second-order valence-electron chi connectivity index (χ2n) is 4.74. The second kappa shape index (κ2) is 8.30. The quantitative estimate of drug-likeness (QED) is 0.697. The fourth-order valence-corrected chi connectivity index (χ4v) is 2.52. The number of para-hydroxylation sites is 1. The van der Waals surface area contributed by atoms with E-state index in [1.54, 1.807) is 42.5 Å². The highest BCUT2D eigenvalue weighted by atomic mass is 32.2. The van der Waals surface area contributed by atoms with E-state index in [0.717, 1.165) is 5.56 Å². The van der Waals surface area contributed by atoms with Crippen LogP contribution >= 0.6 is 11.8 Å². The molecular formula is C16H15F2N3O2S. The lowest BCUT2D eigenvalue weighted by molar-refractivity contribution is 0.102. The first-order valence-electron chi connectivity index (χ1n) is 6.93. The summed E-state index contributed by atoms with van der Waals surface area (Å²) in [7, 11) is 0. The minimum atomic E-state index is -2.57. The van der Waals surface area contributed by atoms with Gasteiger partial charge in [0.25, 0.3) is 11.7 Å². The van der Waals surface area contributed by atoms with E-state index in [4.69, 9.17) is 5.73 Å². The third kappa shape index (κ3) is 5.24. The van der Waals surface area contributed by atoms with Gasteiger partial charge in [-0.3, -0.25) is 4.79 Å². The molecule has 0 fully saturated rings. The summed E-state index contributed by atoms with van der Waals surface area (Å²) in [6.07, 6.45) is 0. The summed E-state index contributed by atoms with van der Waals surface area (Å²) in [5.74, 6) is -2.98. The van der Waals surface area contributed by atoms with Crippen LogP contribution in [0.1, 0.15) is 15.9 Å².